The van der Waals surface area contributed by atoms with Gasteiger partial charge < -0.3 is 14.5 Å². The number of carbonyl (C=O) groups excluding carboxylic acids is 1. The van der Waals surface area contributed by atoms with Crippen molar-refractivity contribution in [1.29, 1.82) is 0 Å². The molecular weight excluding hydrogens is 290 g/mol. The van der Waals surface area contributed by atoms with Crippen LogP contribution in [0.3, 0.4) is 0 Å². The first-order valence-electron chi connectivity index (χ1n) is 6.53. The fourth-order valence-electron chi connectivity index (χ4n) is 2.20. The van der Waals surface area contributed by atoms with Crippen LogP contribution in [-0.2, 0) is 4.79 Å². The van der Waals surface area contributed by atoms with E-state index >= 15 is 0 Å². The third kappa shape index (κ3) is 2.80. The van der Waals surface area contributed by atoms with Crippen LogP contribution in [0.1, 0.15) is 5.82 Å². The molecule has 21 heavy (non-hydrogen) atoms. The Bertz CT molecular complexity index is 660. The minimum absolute atomic E-state index is 0.0300. The Labute approximate surface area is 126 Å². The largest absolute Gasteiger partial charge is 0.481 e. The molecule has 3 rings (SSSR count). The van der Waals surface area contributed by atoms with E-state index < -0.39 is 0 Å². The number of ether oxygens (including phenoxy) is 1. The van der Waals surface area contributed by atoms with E-state index in [0.29, 0.717) is 19.0 Å². The summed E-state index contributed by atoms with van der Waals surface area (Å²) in [6.45, 7) is 3.48. The molecule has 0 radical (unpaired) electrons. The van der Waals surface area contributed by atoms with Gasteiger partial charge in [-0.3, -0.25) is 4.79 Å². The van der Waals surface area contributed by atoms with Gasteiger partial charge in [0.2, 0.25) is 16.9 Å². The molecule has 2 aromatic rings. The smallest absolute Gasteiger partial charge is 0.246 e. The molecule has 3 heterocycles. The van der Waals surface area contributed by atoms with E-state index in [-0.39, 0.29) is 5.91 Å². The van der Waals surface area contributed by atoms with Crippen LogP contribution >= 0.6 is 11.5 Å². The Kier molecular flexibility index (Phi) is 3.70. The lowest BCUT2D eigenvalue weighted by Gasteiger charge is -2.33. The summed E-state index contributed by atoms with van der Waals surface area (Å²) in [6, 6.07) is 3.58. The van der Waals surface area contributed by atoms with Crippen LogP contribution < -0.4 is 14.5 Å². The average molecular weight is 305 g/mol. The fourth-order valence-corrected chi connectivity index (χ4v) is 2.90. The highest BCUT2D eigenvalue weighted by molar-refractivity contribution is 7.09. The molecule has 7 nitrogen and oxygen atoms in total. The van der Waals surface area contributed by atoms with Crippen molar-refractivity contribution in [2.45, 2.75) is 6.92 Å². The minimum Gasteiger partial charge on any atom is -0.481 e. The number of pyridine rings is 1. The van der Waals surface area contributed by atoms with Crippen molar-refractivity contribution < 1.29 is 9.53 Å². The Morgan fingerprint density at radius 1 is 1.38 bits per heavy atom. The van der Waals surface area contributed by atoms with Crippen molar-refractivity contribution in [3.05, 3.63) is 24.2 Å². The summed E-state index contributed by atoms with van der Waals surface area (Å²) in [5.41, 5.74) is 0.806. The van der Waals surface area contributed by atoms with Crippen LogP contribution in [0, 0.1) is 6.92 Å². The van der Waals surface area contributed by atoms with Crippen molar-refractivity contribution in [2.75, 3.05) is 36.5 Å². The van der Waals surface area contributed by atoms with Gasteiger partial charge in [-0.15, -0.1) is 0 Å². The van der Waals surface area contributed by atoms with Crippen molar-refractivity contribution in [3.8, 4) is 5.88 Å². The van der Waals surface area contributed by atoms with Crippen LogP contribution in [0.15, 0.2) is 18.3 Å². The number of hydrogen-bond donors (Lipinski definition) is 0. The summed E-state index contributed by atoms with van der Waals surface area (Å²) in [4.78, 5) is 24.5. The quantitative estimate of drug-likeness (QED) is 0.846. The molecule has 0 aliphatic carbocycles. The molecule has 0 bridgehead atoms. The number of piperazine rings is 1. The first-order chi connectivity index (χ1) is 10.2. The Balaban J connectivity index is 1.75. The predicted molar refractivity (Wildman–Crippen MR) is 80.0 cm³/mol. The molecule has 0 atom stereocenters. The van der Waals surface area contributed by atoms with Crippen molar-refractivity contribution >= 4 is 28.3 Å². The van der Waals surface area contributed by atoms with E-state index in [2.05, 4.69) is 14.3 Å². The number of amides is 1. The molecule has 0 spiro atoms. The van der Waals surface area contributed by atoms with Gasteiger partial charge in [-0.05, 0) is 13.0 Å². The molecule has 1 amide bonds. The average Bonchev–Trinajstić information content (AvgIpc) is 2.94. The zero-order valence-electron chi connectivity index (χ0n) is 11.8. The highest BCUT2D eigenvalue weighted by Crippen LogP contribution is 2.24. The number of hydrogen-bond acceptors (Lipinski definition) is 7. The van der Waals surface area contributed by atoms with E-state index in [9.17, 15) is 4.79 Å². The fraction of sp³-hybridized carbons (Fsp3) is 0.385. The number of nitrogens with zero attached hydrogens (tertiary/aromatic N) is 5. The normalized spacial score (nSPS) is 15.4. The second-order valence-corrected chi connectivity index (χ2v) is 5.38. The molecule has 0 saturated carbocycles. The predicted octanol–water partition coefficient (Wildman–Crippen LogP) is 1.10. The Morgan fingerprint density at radius 2 is 2.24 bits per heavy atom. The molecular formula is C13H15N5O2S. The first-order valence-corrected chi connectivity index (χ1v) is 7.30. The molecule has 2 aromatic heterocycles. The third-order valence-corrected chi connectivity index (χ3v) is 4.12. The zero-order chi connectivity index (χ0) is 14.8. The summed E-state index contributed by atoms with van der Waals surface area (Å²) in [6.07, 6.45) is 1.64. The van der Waals surface area contributed by atoms with Crippen molar-refractivity contribution in [1.82, 2.24) is 14.3 Å². The van der Waals surface area contributed by atoms with Crippen LogP contribution in [0.4, 0.5) is 10.8 Å². The van der Waals surface area contributed by atoms with Gasteiger partial charge in [0, 0.05) is 36.9 Å². The number of anilines is 2. The maximum absolute atomic E-state index is 12.4. The van der Waals surface area contributed by atoms with Gasteiger partial charge in [-0.2, -0.15) is 4.37 Å². The monoisotopic (exact) mass is 305 g/mol. The van der Waals surface area contributed by atoms with E-state index in [4.69, 9.17) is 4.74 Å². The van der Waals surface area contributed by atoms with Crippen LogP contribution in [0.5, 0.6) is 5.88 Å². The molecule has 0 N–H and O–H groups in total. The molecule has 110 valence electrons. The van der Waals surface area contributed by atoms with E-state index in [0.717, 1.165) is 23.2 Å². The molecule has 1 aliphatic heterocycles. The molecule has 0 unspecified atom stereocenters. The number of aromatic nitrogens is 3. The van der Waals surface area contributed by atoms with Gasteiger partial charge in [-0.25, -0.2) is 9.97 Å². The molecule has 1 fully saturated rings. The van der Waals surface area contributed by atoms with Crippen molar-refractivity contribution in [2.24, 2.45) is 0 Å². The van der Waals surface area contributed by atoms with Crippen LogP contribution in [0.2, 0.25) is 0 Å². The van der Waals surface area contributed by atoms with Gasteiger partial charge >= 0.3 is 0 Å². The number of rotatable bonds is 3. The summed E-state index contributed by atoms with van der Waals surface area (Å²) in [5, 5.41) is 0.799. The Morgan fingerprint density at radius 3 is 2.90 bits per heavy atom. The topological polar surface area (TPSA) is 71.5 Å². The van der Waals surface area contributed by atoms with E-state index in [1.807, 2.05) is 17.9 Å². The highest BCUT2D eigenvalue weighted by atomic mass is 32.1. The summed E-state index contributed by atoms with van der Waals surface area (Å²) < 4.78 is 9.25. The van der Waals surface area contributed by atoms with Crippen molar-refractivity contribution in [3.63, 3.8) is 0 Å². The molecule has 8 heteroatoms. The van der Waals surface area contributed by atoms with E-state index in [1.165, 1.54) is 11.5 Å². The summed E-state index contributed by atoms with van der Waals surface area (Å²) >= 11 is 1.33. The zero-order valence-corrected chi connectivity index (χ0v) is 12.6. The molecule has 0 aromatic carbocycles. The summed E-state index contributed by atoms with van der Waals surface area (Å²) in [5.74, 6) is 1.27. The second kappa shape index (κ2) is 5.65. The van der Waals surface area contributed by atoms with Gasteiger partial charge in [0.15, 0.2) is 0 Å². The lowest BCUT2D eigenvalue weighted by molar-refractivity contribution is -0.117. The van der Waals surface area contributed by atoms with Gasteiger partial charge in [0.05, 0.1) is 19.3 Å². The van der Waals surface area contributed by atoms with Gasteiger partial charge in [-0.1, -0.05) is 0 Å². The molecule has 1 saturated heterocycles. The Hall–Kier alpha value is -2.22. The number of aryl methyl sites for hydroxylation is 1. The maximum Gasteiger partial charge on any atom is 0.246 e. The minimum atomic E-state index is 0.0300. The molecule has 1 aliphatic rings. The van der Waals surface area contributed by atoms with Gasteiger partial charge in [0.1, 0.15) is 5.82 Å². The lowest BCUT2D eigenvalue weighted by Crippen LogP contribution is -2.50. The van der Waals surface area contributed by atoms with E-state index in [1.54, 1.807) is 24.3 Å². The van der Waals surface area contributed by atoms with Crippen LogP contribution in [0.25, 0.3) is 0 Å². The first kappa shape index (κ1) is 13.7. The second-order valence-electron chi connectivity index (χ2n) is 4.65. The SMILES string of the molecule is COc1cc(N2CCN(c3nc(C)ns3)CC2=O)ccn1. The standard InChI is InChI=1S/C13H15N5O2S/c1-9-15-13(21-16-9)17-5-6-18(12(19)8-17)10-3-4-14-11(7-10)20-2/h3-4,7H,5-6,8H2,1-2H3. The maximum atomic E-state index is 12.4. The van der Waals surface area contributed by atoms with Crippen LogP contribution in [-0.4, -0.2) is 47.0 Å². The summed E-state index contributed by atoms with van der Waals surface area (Å²) in [7, 11) is 1.56. The highest BCUT2D eigenvalue weighted by Gasteiger charge is 2.27. The number of carbonyl (C=O) groups is 1. The third-order valence-electron chi connectivity index (χ3n) is 3.25. The number of methoxy groups -OCH3 is 1. The lowest BCUT2D eigenvalue weighted by atomic mass is 10.2. The van der Waals surface area contributed by atoms with Gasteiger partial charge in [0.25, 0.3) is 0 Å².